The third-order valence-electron chi connectivity index (χ3n) is 8.97. The zero-order chi connectivity index (χ0) is 27.3. The zero-order valence-electron chi connectivity index (χ0n) is 24.8. The van der Waals surface area contributed by atoms with E-state index in [-0.39, 0.29) is 23.9 Å². The summed E-state index contributed by atoms with van der Waals surface area (Å²) in [5, 5.41) is 3.40. The summed E-state index contributed by atoms with van der Waals surface area (Å²) in [5.41, 5.74) is 0. The van der Waals surface area contributed by atoms with Crippen LogP contribution in [-0.2, 0) is 19.1 Å². The molecule has 38 heavy (non-hydrogen) atoms. The Morgan fingerprint density at radius 1 is 1.05 bits per heavy atom. The molecule has 4 fully saturated rings. The molecule has 8 nitrogen and oxygen atoms in total. The Kier molecular flexibility index (Phi) is 10.5. The van der Waals surface area contributed by atoms with E-state index in [2.05, 4.69) is 44.8 Å². The van der Waals surface area contributed by atoms with Gasteiger partial charge in [0.1, 0.15) is 6.04 Å². The standard InChI is InChI=1S/C30H54N4O4/c1-22(2)8-9-26-28(35)34(16-12-31-26)27(17-23(3)4)29(36)33-14-10-30(11-15-33)37-20-25(21-38-30)19-32-13-6-7-24(5)18-32/h22-27,31H,6-21H2,1-5H3/t24-,26+,27+/m1/s1. The highest BCUT2D eigenvalue weighted by Gasteiger charge is 2.44. The number of hydrogen-bond donors (Lipinski definition) is 1. The van der Waals surface area contributed by atoms with Crippen LogP contribution in [0.5, 0.6) is 0 Å². The number of carbonyl (C=O) groups excluding carboxylic acids is 2. The fourth-order valence-corrected chi connectivity index (χ4v) is 6.72. The minimum atomic E-state index is -0.553. The van der Waals surface area contributed by atoms with Crippen molar-refractivity contribution in [2.45, 2.75) is 97.4 Å². The van der Waals surface area contributed by atoms with Crippen molar-refractivity contribution in [3.63, 3.8) is 0 Å². The second-order valence-corrected chi connectivity index (χ2v) is 13.4. The van der Waals surface area contributed by atoms with Crippen molar-refractivity contribution in [3.05, 3.63) is 0 Å². The van der Waals surface area contributed by atoms with Crippen LogP contribution in [0.25, 0.3) is 0 Å². The highest BCUT2D eigenvalue weighted by molar-refractivity contribution is 5.90. The predicted molar refractivity (Wildman–Crippen MR) is 150 cm³/mol. The number of nitrogens with one attached hydrogen (secondary N) is 1. The molecule has 0 aromatic carbocycles. The first-order valence-electron chi connectivity index (χ1n) is 15.5. The molecule has 4 heterocycles. The molecule has 0 saturated carbocycles. The van der Waals surface area contributed by atoms with Crippen LogP contribution in [0.15, 0.2) is 0 Å². The van der Waals surface area contributed by atoms with Gasteiger partial charge in [-0.2, -0.15) is 0 Å². The van der Waals surface area contributed by atoms with Crippen LogP contribution in [-0.4, -0.2) is 103 Å². The number of rotatable bonds is 9. The summed E-state index contributed by atoms with van der Waals surface area (Å²) in [7, 11) is 0. The van der Waals surface area contributed by atoms with E-state index in [1.54, 1.807) is 0 Å². The Morgan fingerprint density at radius 3 is 2.39 bits per heavy atom. The van der Waals surface area contributed by atoms with Gasteiger partial charge in [0.15, 0.2) is 5.79 Å². The summed E-state index contributed by atoms with van der Waals surface area (Å²) >= 11 is 0. The molecule has 4 rings (SSSR count). The van der Waals surface area contributed by atoms with Gasteiger partial charge in [-0.25, -0.2) is 0 Å². The number of nitrogens with zero attached hydrogens (tertiary/aromatic N) is 3. The number of piperidine rings is 2. The van der Waals surface area contributed by atoms with Crippen LogP contribution < -0.4 is 5.32 Å². The monoisotopic (exact) mass is 534 g/mol. The normalized spacial score (nSPS) is 28.4. The molecule has 0 aromatic rings. The molecule has 1 spiro atoms. The van der Waals surface area contributed by atoms with Gasteiger partial charge in [-0.05, 0) is 56.4 Å². The number of carbonyl (C=O) groups is 2. The van der Waals surface area contributed by atoms with E-state index in [9.17, 15) is 9.59 Å². The highest BCUT2D eigenvalue weighted by atomic mass is 16.7. The minimum Gasteiger partial charge on any atom is -0.349 e. The topological polar surface area (TPSA) is 74.3 Å². The molecule has 0 radical (unpaired) electrons. The summed E-state index contributed by atoms with van der Waals surface area (Å²) in [5.74, 6) is 1.73. The van der Waals surface area contributed by atoms with Crippen molar-refractivity contribution >= 4 is 11.8 Å². The van der Waals surface area contributed by atoms with Gasteiger partial charge < -0.3 is 29.5 Å². The number of amides is 2. The van der Waals surface area contributed by atoms with Gasteiger partial charge in [-0.3, -0.25) is 9.59 Å². The van der Waals surface area contributed by atoms with Crippen LogP contribution in [0.2, 0.25) is 0 Å². The predicted octanol–water partition coefficient (Wildman–Crippen LogP) is 3.35. The molecule has 4 aliphatic heterocycles. The Bertz CT molecular complexity index is 772. The Balaban J connectivity index is 1.30. The fraction of sp³-hybridized carbons (Fsp3) is 0.933. The van der Waals surface area contributed by atoms with E-state index in [4.69, 9.17) is 9.47 Å². The summed E-state index contributed by atoms with van der Waals surface area (Å²) < 4.78 is 12.7. The van der Waals surface area contributed by atoms with Gasteiger partial charge in [0.2, 0.25) is 11.8 Å². The maximum atomic E-state index is 13.8. The minimum absolute atomic E-state index is 0.0949. The first-order valence-corrected chi connectivity index (χ1v) is 15.5. The van der Waals surface area contributed by atoms with Gasteiger partial charge in [0, 0.05) is 58.0 Å². The van der Waals surface area contributed by atoms with Gasteiger partial charge in [0.05, 0.1) is 19.3 Å². The average molecular weight is 535 g/mol. The maximum Gasteiger partial charge on any atom is 0.245 e. The van der Waals surface area contributed by atoms with Crippen LogP contribution in [0.1, 0.15) is 79.6 Å². The highest BCUT2D eigenvalue weighted by Crippen LogP contribution is 2.34. The van der Waals surface area contributed by atoms with Gasteiger partial charge in [-0.1, -0.05) is 34.6 Å². The lowest BCUT2D eigenvalue weighted by Gasteiger charge is -2.47. The molecule has 4 aliphatic rings. The average Bonchev–Trinajstić information content (AvgIpc) is 2.88. The maximum absolute atomic E-state index is 13.8. The molecule has 0 bridgehead atoms. The Labute approximate surface area is 231 Å². The third-order valence-corrected chi connectivity index (χ3v) is 8.97. The lowest BCUT2D eigenvalue weighted by atomic mass is 9.95. The van der Waals surface area contributed by atoms with Crippen molar-refractivity contribution in [1.82, 2.24) is 20.0 Å². The summed E-state index contributed by atoms with van der Waals surface area (Å²) in [4.78, 5) is 33.7. The van der Waals surface area contributed by atoms with Crippen LogP contribution >= 0.6 is 0 Å². The van der Waals surface area contributed by atoms with Crippen molar-refractivity contribution in [1.29, 1.82) is 0 Å². The summed E-state index contributed by atoms with van der Waals surface area (Å²) in [6, 6.07) is -0.562. The number of hydrogen-bond acceptors (Lipinski definition) is 6. The Morgan fingerprint density at radius 2 is 1.76 bits per heavy atom. The zero-order valence-corrected chi connectivity index (χ0v) is 24.8. The number of piperazine rings is 1. The van der Waals surface area contributed by atoms with E-state index in [0.29, 0.717) is 56.7 Å². The van der Waals surface area contributed by atoms with Crippen molar-refractivity contribution in [3.8, 4) is 0 Å². The van der Waals surface area contributed by atoms with Gasteiger partial charge in [0.25, 0.3) is 0 Å². The lowest BCUT2D eigenvalue weighted by molar-refractivity contribution is -0.298. The van der Waals surface area contributed by atoms with Gasteiger partial charge in [-0.15, -0.1) is 0 Å². The number of ether oxygens (including phenoxy) is 2. The summed E-state index contributed by atoms with van der Waals surface area (Å²) in [6.45, 7) is 18.5. The number of likely N-dealkylation sites (tertiary alicyclic amines) is 2. The molecule has 0 aromatic heterocycles. The van der Waals surface area contributed by atoms with E-state index in [1.807, 2.05) is 9.80 Å². The molecule has 8 heteroatoms. The van der Waals surface area contributed by atoms with Crippen LogP contribution in [0, 0.1) is 23.7 Å². The molecule has 4 saturated heterocycles. The second-order valence-electron chi connectivity index (χ2n) is 13.4. The largest absolute Gasteiger partial charge is 0.349 e. The van der Waals surface area contributed by atoms with Crippen molar-refractivity contribution in [2.75, 3.05) is 59.0 Å². The van der Waals surface area contributed by atoms with E-state index >= 15 is 0 Å². The lowest BCUT2D eigenvalue weighted by Crippen LogP contribution is -2.63. The Hall–Kier alpha value is -1.22. The first kappa shape index (κ1) is 29.8. The molecule has 0 aliphatic carbocycles. The van der Waals surface area contributed by atoms with E-state index in [0.717, 1.165) is 45.1 Å². The van der Waals surface area contributed by atoms with Crippen LogP contribution in [0.4, 0.5) is 0 Å². The SMILES string of the molecule is CC(C)CC[C@@H]1NCCN([C@@H](CC(C)C)C(=O)N2CCC3(CC2)OCC(CN2CCC[C@@H](C)C2)CO3)C1=O. The second kappa shape index (κ2) is 13.4. The molecule has 3 atom stereocenters. The molecule has 2 amide bonds. The smallest absolute Gasteiger partial charge is 0.245 e. The first-order chi connectivity index (χ1) is 18.2. The van der Waals surface area contributed by atoms with Crippen LogP contribution in [0.3, 0.4) is 0 Å². The van der Waals surface area contributed by atoms with Crippen molar-refractivity contribution < 1.29 is 19.1 Å². The molecule has 218 valence electrons. The van der Waals surface area contributed by atoms with E-state index < -0.39 is 5.79 Å². The molecule has 1 N–H and O–H groups in total. The van der Waals surface area contributed by atoms with Crippen molar-refractivity contribution in [2.24, 2.45) is 23.7 Å². The molecular formula is C30H54N4O4. The fourth-order valence-electron chi connectivity index (χ4n) is 6.72. The summed E-state index contributed by atoms with van der Waals surface area (Å²) in [6.07, 6.45) is 6.57. The third kappa shape index (κ3) is 7.70. The van der Waals surface area contributed by atoms with Gasteiger partial charge >= 0.3 is 0 Å². The molecule has 0 unspecified atom stereocenters. The van der Waals surface area contributed by atoms with E-state index in [1.165, 1.54) is 25.9 Å². The quantitative estimate of drug-likeness (QED) is 0.489. The molecular weight excluding hydrogens is 480 g/mol.